The van der Waals surface area contributed by atoms with Crippen LogP contribution < -0.4 is 16.8 Å². The fourth-order valence-electron chi connectivity index (χ4n) is 1.68. The molecule has 0 aliphatic heterocycles. The van der Waals surface area contributed by atoms with Crippen LogP contribution in [-0.4, -0.2) is 30.7 Å². The minimum Gasteiger partial charge on any atom is -0.453 e. The van der Waals surface area contributed by atoms with Crippen LogP contribution in [-0.2, 0) is 16.8 Å². The highest BCUT2D eigenvalue weighted by molar-refractivity contribution is 5.67. The third-order valence-electron chi connectivity index (χ3n) is 3.08. The molecule has 0 unspecified atom stereocenters. The lowest BCUT2D eigenvalue weighted by atomic mass is 9.98. The number of aliphatic hydroxyl groups is 1. The number of ether oxygens (including phenoxy) is 1. The molecule has 1 amide bonds. The molecule has 0 spiro atoms. The van der Waals surface area contributed by atoms with Crippen LogP contribution in [0.3, 0.4) is 0 Å². The summed E-state index contributed by atoms with van der Waals surface area (Å²) in [6.07, 6.45) is -6.16. The van der Waals surface area contributed by atoms with Gasteiger partial charge in [0.2, 0.25) is 0 Å². The Hall–Kier alpha value is -1.84. The molecule has 1 aromatic carbocycles. The fourth-order valence-corrected chi connectivity index (χ4v) is 1.68. The van der Waals surface area contributed by atoms with Gasteiger partial charge in [-0.1, -0.05) is 24.3 Å². The molecule has 0 heterocycles. The van der Waals surface area contributed by atoms with Crippen LogP contribution in [0.25, 0.3) is 0 Å². The number of aryl methyl sites for hydroxylation is 1. The summed E-state index contributed by atoms with van der Waals surface area (Å²) in [6, 6.07) is 5.23. The van der Waals surface area contributed by atoms with Crippen molar-refractivity contribution in [3.63, 3.8) is 0 Å². The van der Waals surface area contributed by atoms with Crippen molar-refractivity contribution in [3.05, 3.63) is 35.4 Å². The van der Waals surface area contributed by atoms with E-state index >= 15 is 0 Å². The third kappa shape index (κ3) is 4.58. The highest BCUT2D eigenvalue weighted by atomic mass is 19.4. The molecule has 0 bridgehead atoms. The summed E-state index contributed by atoms with van der Waals surface area (Å²) in [5, 5.41) is 11.7. The van der Waals surface area contributed by atoms with E-state index in [4.69, 9.17) is 11.5 Å². The molecule has 0 saturated heterocycles. The molecular formula is C13H18F3N3O3. The molecule has 1 aromatic rings. The van der Waals surface area contributed by atoms with Crippen molar-refractivity contribution < 1.29 is 27.8 Å². The maximum atomic E-state index is 12.7. The molecule has 0 fully saturated rings. The van der Waals surface area contributed by atoms with Crippen molar-refractivity contribution in [2.45, 2.75) is 30.9 Å². The number of nitrogens with two attached hydrogens (primary N) is 2. The first-order valence-electron chi connectivity index (χ1n) is 6.34. The summed E-state index contributed by atoms with van der Waals surface area (Å²) >= 11 is 0. The molecule has 6 nitrogen and oxygen atoms in total. The lowest BCUT2D eigenvalue weighted by molar-refractivity contribution is -0.188. The number of carbonyl (C=O) groups is 1. The second-order valence-corrected chi connectivity index (χ2v) is 4.75. The predicted octanol–water partition coefficient (Wildman–Crippen LogP) is 0.926. The summed E-state index contributed by atoms with van der Waals surface area (Å²) in [6.45, 7) is 0. The van der Waals surface area contributed by atoms with Crippen LogP contribution in [0.1, 0.15) is 17.5 Å². The second-order valence-electron chi connectivity index (χ2n) is 4.75. The Morgan fingerprint density at radius 3 is 2.32 bits per heavy atom. The van der Waals surface area contributed by atoms with Crippen molar-refractivity contribution >= 4 is 6.09 Å². The monoisotopic (exact) mass is 321 g/mol. The first kappa shape index (κ1) is 18.2. The molecule has 0 saturated carbocycles. The third-order valence-corrected chi connectivity index (χ3v) is 3.08. The smallest absolute Gasteiger partial charge is 0.423 e. The molecule has 9 heteroatoms. The van der Waals surface area contributed by atoms with Crippen LogP contribution >= 0.6 is 0 Å². The van der Waals surface area contributed by atoms with Gasteiger partial charge in [0.25, 0.3) is 0 Å². The van der Waals surface area contributed by atoms with E-state index < -0.39 is 24.2 Å². The minimum atomic E-state index is -4.77. The normalized spacial score (nSPS) is 13.6. The average Bonchev–Trinajstić information content (AvgIpc) is 2.44. The fraction of sp³-hybridized carbons (Fsp3) is 0.462. The van der Waals surface area contributed by atoms with Crippen molar-refractivity contribution in [1.29, 1.82) is 0 Å². The van der Waals surface area contributed by atoms with E-state index in [0.29, 0.717) is 12.0 Å². The van der Waals surface area contributed by atoms with Gasteiger partial charge in [-0.15, -0.1) is 0 Å². The summed E-state index contributed by atoms with van der Waals surface area (Å²) in [7, 11) is 1.16. The molecule has 0 aliphatic rings. The summed E-state index contributed by atoms with van der Waals surface area (Å²) in [4.78, 5) is 10.9. The zero-order valence-corrected chi connectivity index (χ0v) is 11.9. The number of amides is 1. The standard InChI is InChI=1S/C13H18F3N3O3/c1-22-11(21)19-10(20)7-4-8-2-5-9(6-3-8)12(17,18)13(14,15)16/h2-3,5-6,10,20H,4,7,17-18H2,1H3,(H,19,21)/t10-/m1/s1. The second kappa shape index (κ2) is 6.95. The van der Waals surface area contributed by atoms with E-state index in [1.165, 1.54) is 24.3 Å². The number of aliphatic hydroxyl groups excluding tert-OH is 1. The Balaban J connectivity index is 2.65. The zero-order valence-electron chi connectivity index (χ0n) is 11.9. The van der Waals surface area contributed by atoms with Gasteiger partial charge in [-0.3, -0.25) is 5.32 Å². The van der Waals surface area contributed by atoms with Gasteiger partial charge >= 0.3 is 12.3 Å². The summed E-state index contributed by atoms with van der Waals surface area (Å²) < 4.78 is 42.4. The maximum absolute atomic E-state index is 12.7. The zero-order chi connectivity index (χ0) is 17.0. The lowest BCUT2D eigenvalue weighted by Gasteiger charge is -2.27. The summed E-state index contributed by atoms with van der Waals surface area (Å²) in [5.41, 5.74) is 7.69. The van der Waals surface area contributed by atoms with Gasteiger partial charge in [0.15, 0.2) is 5.66 Å². The van der Waals surface area contributed by atoms with Crippen molar-refractivity contribution in [2.75, 3.05) is 7.11 Å². The number of methoxy groups -OCH3 is 1. The average molecular weight is 321 g/mol. The molecule has 1 rings (SSSR count). The topological polar surface area (TPSA) is 111 Å². The number of nitrogens with one attached hydrogen (secondary N) is 1. The molecule has 0 aliphatic carbocycles. The van der Waals surface area contributed by atoms with Gasteiger partial charge in [0, 0.05) is 0 Å². The number of hydrogen-bond donors (Lipinski definition) is 4. The van der Waals surface area contributed by atoms with E-state index in [0.717, 1.165) is 7.11 Å². The van der Waals surface area contributed by atoms with E-state index in [-0.39, 0.29) is 12.0 Å². The predicted molar refractivity (Wildman–Crippen MR) is 72.4 cm³/mol. The van der Waals surface area contributed by atoms with Gasteiger partial charge in [-0.2, -0.15) is 13.2 Å². The number of halogens is 3. The molecule has 1 atom stereocenters. The first-order chi connectivity index (χ1) is 10.1. The number of alkyl halides is 3. The Morgan fingerprint density at radius 2 is 1.86 bits per heavy atom. The van der Waals surface area contributed by atoms with Crippen LogP contribution in [0.5, 0.6) is 0 Å². The highest BCUT2D eigenvalue weighted by Gasteiger charge is 2.50. The quantitative estimate of drug-likeness (QED) is 0.603. The van der Waals surface area contributed by atoms with E-state index in [1.807, 2.05) is 0 Å². The largest absolute Gasteiger partial charge is 0.453 e. The molecule has 124 valence electrons. The molecular weight excluding hydrogens is 303 g/mol. The number of carbonyl (C=O) groups excluding carboxylic acids is 1. The van der Waals surface area contributed by atoms with Gasteiger partial charge in [0.05, 0.1) is 7.11 Å². The highest BCUT2D eigenvalue weighted by Crippen LogP contribution is 2.32. The first-order valence-corrected chi connectivity index (χ1v) is 6.34. The maximum Gasteiger partial charge on any atom is 0.423 e. The lowest BCUT2D eigenvalue weighted by Crippen LogP contribution is -2.57. The minimum absolute atomic E-state index is 0.171. The van der Waals surface area contributed by atoms with Gasteiger partial charge < -0.3 is 21.3 Å². The Bertz CT molecular complexity index is 503. The van der Waals surface area contributed by atoms with Crippen molar-refractivity contribution in [3.8, 4) is 0 Å². The number of hydrogen-bond acceptors (Lipinski definition) is 5. The number of rotatable bonds is 5. The van der Waals surface area contributed by atoms with Crippen LogP contribution in [0, 0.1) is 0 Å². The van der Waals surface area contributed by atoms with Crippen molar-refractivity contribution in [2.24, 2.45) is 11.5 Å². The number of benzene rings is 1. The van der Waals surface area contributed by atoms with Crippen molar-refractivity contribution in [1.82, 2.24) is 5.32 Å². The van der Waals surface area contributed by atoms with Crippen LogP contribution in [0.15, 0.2) is 24.3 Å². The van der Waals surface area contributed by atoms with Gasteiger partial charge in [-0.05, 0) is 24.0 Å². The van der Waals surface area contributed by atoms with Crippen LogP contribution in [0.2, 0.25) is 0 Å². The van der Waals surface area contributed by atoms with Crippen LogP contribution in [0.4, 0.5) is 18.0 Å². The van der Waals surface area contributed by atoms with E-state index in [1.54, 1.807) is 0 Å². The van der Waals surface area contributed by atoms with E-state index in [9.17, 15) is 23.1 Å². The Labute approximate surface area is 125 Å². The van der Waals surface area contributed by atoms with E-state index in [2.05, 4.69) is 10.1 Å². The summed E-state index contributed by atoms with van der Waals surface area (Å²) in [5.74, 6) is 0. The molecule has 0 aromatic heterocycles. The Kier molecular flexibility index (Phi) is 5.75. The SMILES string of the molecule is COC(=O)N[C@H](O)CCc1ccc(C(N)(N)C(F)(F)F)cc1. The molecule has 22 heavy (non-hydrogen) atoms. The van der Waals surface area contributed by atoms with Gasteiger partial charge in [0.1, 0.15) is 6.23 Å². The molecule has 0 radical (unpaired) electrons. The number of alkyl carbamates (subject to hydrolysis) is 1. The Morgan fingerprint density at radius 1 is 1.32 bits per heavy atom. The molecule has 6 N–H and O–H groups in total. The van der Waals surface area contributed by atoms with Gasteiger partial charge in [-0.25, -0.2) is 4.79 Å².